The molecule has 1 aromatic heterocycles. The number of Topliss-reactive ketones (excluding diaryl/α,β-unsaturated/α-hetero) is 1. The van der Waals surface area contributed by atoms with Crippen LogP contribution in [0.2, 0.25) is 0 Å². The Morgan fingerprint density at radius 2 is 2.21 bits per heavy atom. The first kappa shape index (κ1) is 9.46. The predicted octanol–water partition coefficient (Wildman–Crippen LogP) is 1.98. The summed E-state index contributed by atoms with van der Waals surface area (Å²) >= 11 is 0. The van der Waals surface area contributed by atoms with Gasteiger partial charge in [0.05, 0.1) is 6.26 Å². The molecule has 0 bridgehead atoms. The molecule has 14 heavy (non-hydrogen) atoms. The summed E-state index contributed by atoms with van der Waals surface area (Å²) in [6.45, 7) is 0. The Morgan fingerprint density at radius 1 is 1.43 bits per heavy atom. The van der Waals surface area contributed by atoms with Crippen LogP contribution in [0.5, 0.6) is 0 Å². The van der Waals surface area contributed by atoms with E-state index in [9.17, 15) is 4.79 Å². The maximum Gasteiger partial charge on any atom is 0.202 e. The molecule has 0 saturated heterocycles. The molecule has 76 valence electrons. The predicted molar refractivity (Wildman–Crippen MR) is 53.0 cm³/mol. The maximum atomic E-state index is 11.9. The van der Waals surface area contributed by atoms with Crippen molar-refractivity contribution in [2.24, 2.45) is 11.7 Å². The van der Waals surface area contributed by atoms with Gasteiger partial charge in [0, 0.05) is 12.0 Å². The molecule has 0 radical (unpaired) electrons. The van der Waals surface area contributed by atoms with E-state index in [1.165, 1.54) is 6.26 Å². The molecule has 1 fully saturated rings. The van der Waals surface area contributed by atoms with E-state index < -0.39 is 0 Å². The molecule has 1 aromatic rings. The first-order chi connectivity index (χ1) is 6.79. The molecule has 3 nitrogen and oxygen atoms in total. The van der Waals surface area contributed by atoms with Gasteiger partial charge in [-0.3, -0.25) is 4.79 Å². The molecule has 1 aliphatic carbocycles. The van der Waals surface area contributed by atoms with Gasteiger partial charge in [0.15, 0.2) is 5.76 Å². The molecule has 2 rings (SSSR count). The summed E-state index contributed by atoms with van der Waals surface area (Å²) in [4.78, 5) is 11.9. The second-order valence-corrected chi connectivity index (χ2v) is 3.90. The molecule has 2 atom stereocenters. The van der Waals surface area contributed by atoms with E-state index in [-0.39, 0.29) is 17.7 Å². The zero-order valence-corrected chi connectivity index (χ0v) is 8.11. The molecule has 0 amide bonds. The van der Waals surface area contributed by atoms with Crippen molar-refractivity contribution in [3.63, 3.8) is 0 Å². The standard InChI is InChI=1S/C11H15NO2/c12-9-5-2-1-4-8(9)11(13)10-6-3-7-14-10/h3,6-9H,1-2,4-5,12H2. The van der Waals surface area contributed by atoms with Crippen molar-refractivity contribution >= 4 is 5.78 Å². The van der Waals surface area contributed by atoms with Crippen LogP contribution in [0.25, 0.3) is 0 Å². The van der Waals surface area contributed by atoms with Crippen LogP contribution in [0.3, 0.4) is 0 Å². The summed E-state index contributed by atoms with van der Waals surface area (Å²) in [5.41, 5.74) is 5.92. The summed E-state index contributed by atoms with van der Waals surface area (Å²) in [6, 6.07) is 3.46. The lowest BCUT2D eigenvalue weighted by molar-refractivity contribution is 0.0842. The van der Waals surface area contributed by atoms with Crippen LogP contribution in [-0.2, 0) is 0 Å². The van der Waals surface area contributed by atoms with Crippen LogP contribution in [0.1, 0.15) is 36.2 Å². The van der Waals surface area contributed by atoms with Gasteiger partial charge in [-0.25, -0.2) is 0 Å². The number of furan rings is 1. The Bertz CT molecular complexity index is 305. The Morgan fingerprint density at radius 3 is 2.86 bits per heavy atom. The third kappa shape index (κ3) is 1.73. The topological polar surface area (TPSA) is 56.2 Å². The molecular formula is C11H15NO2. The lowest BCUT2D eigenvalue weighted by Gasteiger charge is -2.26. The lowest BCUT2D eigenvalue weighted by atomic mass is 9.82. The van der Waals surface area contributed by atoms with Crippen LogP contribution in [-0.4, -0.2) is 11.8 Å². The number of hydrogen-bond donors (Lipinski definition) is 1. The zero-order chi connectivity index (χ0) is 9.97. The summed E-state index contributed by atoms with van der Waals surface area (Å²) in [6.07, 6.45) is 5.63. The molecule has 0 aliphatic heterocycles. The average molecular weight is 193 g/mol. The van der Waals surface area contributed by atoms with Crippen molar-refractivity contribution in [2.45, 2.75) is 31.7 Å². The Kier molecular flexibility index (Phi) is 2.68. The molecule has 1 aliphatic rings. The number of carbonyl (C=O) groups excluding carboxylic acids is 1. The summed E-state index contributed by atoms with van der Waals surface area (Å²) in [5.74, 6) is 0.490. The quantitative estimate of drug-likeness (QED) is 0.730. The van der Waals surface area contributed by atoms with E-state index >= 15 is 0 Å². The third-order valence-electron chi connectivity index (χ3n) is 2.92. The average Bonchev–Trinajstić information content (AvgIpc) is 2.70. The van der Waals surface area contributed by atoms with Gasteiger partial charge in [-0.05, 0) is 25.0 Å². The second-order valence-electron chi connectivity index (χ2n) is 3.90. The molecule has 0 spiro atoms. The minimum atomic E-state index is -0.0325. The number of hydrogen-bond acceptors (Lipinski definition) is 3. The van der Waals surface area contributed by atoms with E-state index in [4.69, 9.17) is 10.2 Å². The fraction of sp³-hybridized carbons (Fsp3) is 0.545. The van der Waals surface area contributed by atoms with Gasteiger partial charge in [-0.15, -0.1) is 0 Å². The van der Waals surface area contributed by atoms with E-state index in [0.717, 1.165) is 25.7 Å². The number of rotatable bonds is 2. The van der Waals surface area contributed by atoms with Crippen LogP contribution >= 0.6 is 0 Å². The molecule has 1 saturated carbocycles. The second kappa shape index (κ2) is 3.96. The van der Waals surface area contributed by atoms with Gasteiger partial charge in [0.1, 0.15) is 0 Å². The highest BCUT2D eigenvalue weighted by Gasteiger charge is 2.30. The fourth-order valence-electron chi connectivity index (χ4n) is 2.09. The van der Waals surface area contributed by atoms with Crippen molar-refractivity contribution in [1.82, 2.24) is 0 Å². The highest BCUT2D eigenvalue weighted by molar-refractivity contribution is 5.95. The van der Waals surface area contributed by atoms with Gasteiger partial charge >= 0.3 is 0 Å². The normalized spacial score (nSPS) is 27.5. The molecule has 3 heteroatoms. The van der Waals surface area contributed by atoms with E-state index in [0.29, 0.717) is 5.76 Å². The molecule has 0 aromatic carbocycles. The number of nitrogens with two attached hydrogens (primary N) is 1. The minimum absolute atomic E-state index is 0.0151. The Balaban J connectivity index is 2.10. The van der Waals surface area contributed by atoms with Crippen molar-refractivity contribution < 1.29 is 9.21 Å². The number of carbonyl (C=O) groups is 1. The van der Waals surface area contributed by atoms with Crippen LogP contribution < -0.4 is 5.73 Å². The molecule has 1 heterocycles. The van der Waals surface area contributed by atoms with E-state index in [1.54, 1.807) is 12.1 Å². The van der Waals surface area contributed by atoms with Crippen molar-refractivity contribution in [2.75, 3.05) is 0 Å². The monoisotopic (exact) mass is 193 g/mol. The smallest absolute Gasteiger partial charge is 0.202 e. The third-order valence-corrected chi connectivity index (χ3v) is 2.92. The van der Waals surface area contributed by atoms with Gasteiger partial charge in [0.2, 0.25) is 5.78 Å². The summed E-state index contributed by atoms with van der Waals surface area (Å²) < 4.78 is 5.09. The van der Waals surface area contributed by atoms with Crippen LogP contribution in [0.15, 0.2) is 22.8 Å². The minimum Gasteiger partial charge on any atom is -0.461 e. The summed E-state index contributed by atoms with van der Waals surface area (Å²) in [7, 11) is 0. The largest absolute Gasteiger partial charge is 0.461 e. The molecule has 2 unspecified atom stereocenters. The first-order valence-electron chi connectivity index (χ1n) is 5.12. The fourth-order valence-corrected chi connectivity index (χ4v) is 2.09. The van der Waals surface area contributed by atoms with Crippen molar-refractivity contribution in [3.05, 3.63) is 24.2 Å². The maximum absolute atomic E-state index is 11.9. The van der Waals surface area contributed by atoms with Gasteiger partial charge in [0.25, 0.3) is 0 Å². The van der Waals surface area contributed by atoms with Crippen molar-refractivity contribution in [1.29, 1.82) is 0 Å². The highest BCUT2D eigenvalue weighted by atomic mass is 16.3. The SMILES string of the molecule is NC1CCCCC1C(=O)c1ccco1. The van der Waals surface area contributed by atoms with E-state index in [1.807, 2.05) is 0 Å². The lowest BCUT2D eigenvalue weighted by Crippen LogP contribution is -2.37. The van der Waals surface area contributed by atoms with E-state index in [2.05, 4.69) is 0 Å². The van der Waals surface area contributed by atoms with Gasteiger partial charge in [-0.2, -0.15) is 0 Å². The van der Waals surface area contributed by atoms with Crippen molar-refractivity contribution in [3.8, 4) is 0 Å². The molecule has 2 N–H and O–H groups in total. The van der Waals surface area contributed by atoms with Gasteiger partial charge < -0.3 is 10.2 Å². The Labute approximate surface area is 83.3 Å². The van der Waals surface area contributed by atoms with Crippen LogP contribution in [0.4, 0.5) is 0 Å². The summed E-state index contributed by atoms with van der Waals surface area (Å²) in [5, 5.41) is 0. The zero-order valence-electron chi connectivity index (χ0n) is 8.11. The van der Waals surface area contributed by atoms with Gasteiger partial charge in [-0.1, -0.05) is 12.8 Å². The number of ketones is 1. The Hall–Kier alpha value is -1.09. The van der Waals surface area contributed by atoms with Crippen LogP contribution in [0, 0.1) is 5.92 Å². The molecular weight excluding hydrogens is 178 g/mol. The highest BCUT2D eigenvalue weighted by Crippen LogP contribution is 2.26. The first-order valence-corrected chi connectivity index (χ1v) is 5.12.